The van der Waals surface area contributed by atoms with Gasteiger partial charge in [0.05, 0.1) is 23.2 Å². The molecule has 2 aromatic rings. The fourth-order valence-corrected chi connectivity index (χ4v) is 3.06. The van der Waals surface area contributed by atoms with E-state index in [1.165, 1.54) is 0 Å². The van der Waals surface area contributed by atoms with Crippen molar-refractivity contribution >= 4 is 16.9 Å². The van der Waals surface area contributed by atoms with E-state index >= 15 is 0 Å². The zero-order valence-electron chi connectivity index (χ0n) is 14.1. The van der Waals surface area contributed by atoms with Gasteiger partial charge in [-0.1, -0.05) is 6.92 Å². The predicted molar refractivity (Wildman–Crippen MR) is 90.6 cm³/mol. The number of nitrogens with zero attached hydrogens (tertiary/aromatic N) is 3. The number of hydrogen-bond acceptors (Lipinski definition) is 4. The van der Waals surface area contributed by atoms with E-state index in [0.717, 1.165) is 49.1 Å². The molecule has 0 bridgehead atoms. The summed E-state index contributed by atoms with van der Waals surface area (Å²) >= 11 is 0. The lowest BCUT2D eigenvalue weighted by atomic mass is 10.1. The monoisotopic (exact) mass is 315 g/mol. The zero-order chi connectivity index (χ0) is 16.4. The summed E-state index contributed by atoms with van der Waals surface area (Å²) < 4.78 is 1.92. The highest BCUT2D eigenvalue weighted by Crippen LogP contribution is 2.22. The molecule has 2 N–H and O–H groups in total. The number of carbonyl (C=O) groups excluding carboxylic acids is 1. The van der Waals surface area contributed by atoms with Gasteiger partial charge in [0.2, 0.25) is 0 Å². The SMILES string of the molecule is CCC(C)n1ncc2c(C(=O)NC3CCCNC3)cc(C)nc21. The number of fused-ring (bicyclic) bond motifs is 1. The van der Waals surface area contributed by atoms with Crippen LogP contribution in [0.4, 0.5) is 0 Å². The van der Waals surface area contributed by atoms with E-state index < -0.39 is 0 Å². The molecule has 3 heterocycles. The molecule has 0 saturated carbocycles. The molecule has 1 aliphatic rings. The van der Waals surface area contributed by atoms with Crippen LogP contribution in [0.2, 0.25) is 0 Å². The van der Waals surface area contributed by atoms with Crippen molar-refractivity contribution in [3.63, 3.8) is 0 Å². The van der Waals surface area contributed by atoms with Gasteiger partial charge in [-0.3, -0.25) is 4.79 Å². The Morgan fingerprint density at radius 1 is 1.57 bits per heavy atom. The molecule has 0 spiro atoms. The average Bonchev–Trinajstić information content (AvgIpc) is 2.97. The first-order chi connectivity index (χ1) is 11.1. The largest absolute Gasteiger partial charge is 0.348 e. The number of pyridine rings is 1. The van der Waals surface area contributed by atoms with E-state index in [1.807, 2.05) is 17.7 Å². The lowest BCUT2D eigenvalue weighted by Gasteiger charge is -2.24. The number of amides is 1. The molecule has 2 unspecified atom stereocenters. The van der Waals surface area contributed by atoms with E-state index in [4.69, 9.17) is 0 Å². The van der Waals surface area contributed by atoms with E-state index in [-0.39, 0.29) is 18.0 Å². The second-order valence-corrected chi connectivity index (χ2v) is 6.41. The van der Waals surface area contributed by atoms with Crippen LogP contribution in [0.3, 0.4) is 0 Å². The molecule has 2 aromatic heterocycles. The Balaban J connectivity index is 1.93. The molecule has 1 saturated heterocycles. The second-order valence-electron chi connectivity index (χ2n) is 6.41. The standard InChI is InChI=1S/C17H25N5O/c1-4-12(3)22-16-15(10-19-22)14(8-11(2)20-16)17(23)21-13-6-5-7-18-9-13/h8,10,12-13,18H,4-7,9H2,1-3H3,(H,21,23). The molecule has 2 atom stereocenters. The molecule has 0 aromatic carbocycles. The van der Waals surface area contributed by atoms with Gasteiger partial charge >= 0.3 is 0 Å². The van der Waals surface area contributed by atoms with Gasteiger partial charge in [-0.15, -0.1) is 0 Å². The third-order valence-electron chi connectivity index (χ3n) is 4.58. The normalized spacial score (nSPS) is 19.7. The summed E-state index contributed by atoms with van der Waals surface area (Å²) in [6, 6.07) is 2.32. The maximum Gasteiger partial charge on any atom is 0.252 e. The van der Waals surface area contributed by atoms with Crippen LogP contribution < -0.4 is 10.6 Å². The lowest BCUT2D eigenvalue weighted by Crippen LogP contribution is -2.45. The van der Waals surface area contributed by atoms with Gasteiger partial charge in [0, 0.05) is 18.3 Å². The van der Waals surface area contributed by atoms with Crippen molar-refractivity contribution in [2.75, 3.05) is 13.1 Å². The van der Waals surface area contributed by atoms with Crippen LogP contribution >= 0.6 is 0 Å². The molecule has 0 aliphatic carbocycles. The van der Waals surface area contributed by atoms with Gasteiger partial charge in [0.25, 0.3) is 5.91 Å². The Labute approximate surface area is 136 Å². The first-order valence-electron chi connectivity index (χ1n) is 8.46. The Kier molecular flexibility index (Phi) is 4.61. The van der Waals surface area contributed by atoms with E-state index in [0.29, 0.717) is 5.56 Å². The van der Waals surface area contributed by atoms with Crippen molar-refractivity contribution in [3.05, 3.63) is 23.5 Å². The molecule has 6 nitrogen and oxygen atoms in total. The molecule has 0 radical (unpaired) electrons. The molecular formula is C17H25N5O. The number of hydrogen-bond donors (Lipinski definition) is 2. The summed E-state index contributed by atoms with van der Waals surface area (Å²) in [7, 11) is 0. The Bertz CT molecular complexity index is 702. The number of rotatable bonds is 4. The minimum absolute atomic E-state index is 0.0297. The van der Waals surface area contributed by atoms with Gasteiger partial charge in [-0.2, -0.15) is 5.10 Å². The molecule has 124 valence electrons. The van der Waals surface area contributed by atoms with Gasteiger partial charge in [-0.05, 0) is 45.7 Å². The van der Waals surface area contributed by atoms with Crippen LogP contribution in [-0.4, -0.2) is 39.8 Å². The van der Waals surface area contributed by atoms with Crippen molar-refractivity contribution in [1.29, 1.82) is 0 Å². The maximum absolute atomic E-state index is 12.7. The molecule has 23 heavy (non-hydrogen) atoms. The summed E-state index contributed by atoms with van der Waals surface area (Å²) in [6.45, 7) is 8.03. The summed E-state index contributed by atoms with van der Waals surface area (Å²) in [5, 5.41) is 11.8. The second kappa shape index (κ2) is 6.66. The molecule has 3 rings (SSSR count). The number of nitrogens with one attached hydrogen (secondary N) is 2. The van der Waals surface area contributed by atoms with Crippen LogP contribution in [0, 0.1) is 6.92 Å². The van der Waals surface area contributed by atoms with Crippen molar-refractivity contribution in [1.82, 2.24) is 25.4 Å². The summed E-state index contributed by atoms with van der Waals surface area (Å²) in [4.78, 5) is 17.3. The number of piperidine rings is 1. The van der Waals surface area contributed by atoms with Crippen LogP contribution in [0.1, 0.15) is 55.2 Å². The molecule has 1 fully saturated rings. The fraction of sp³-hybridized carbons (Fsp3) is 0.588. The first kappa shape index (κ1) is 15.9. The zero-order valence-corrected chi connectivity index (χ0v) is 14.1. The molecule has 6 heteroatoms. The first-order valence-corrected chi connectivity index (χ1v) is 8.46. The third kappa shape index (κ3) is 3.22. The molecular weight excluding hydrogens is 290 g/mol. The van der Waals surface area contributed by atoms with Gasteiger partial charge in [0.15, 0.2) is 5.65 Å². The van der Waals surface area contributed by atoms with Crippen LogP contribution in [0.5, 0.6) is 0 Å². The summed E-state index contributed by atoms with van der Waals surface area (Å²) in [6.07, 6.45) is 4.86. The number of aromatic nitrogens is 3. The van der Waals surface area contributed by atoms with E-state index in [2.05, 4.69) is 34.6 Å². The summed E-state index contributed by atoms with van der Waals surface area (Å²) in [5.41, 5.74) is 2.31. The minimum atomic E-state index is -0.0297. The fourth-order valence-electron chi connectivity index (χ4n) is 3.06. The molecule has 1 amide bonds. The van der Waals surface area contributed by atoms with Crippen molar-refractivity contribution in [3.8, 4) is 0 Å². The van der Waals surface area contributed by atoms with Gasteiger partial charge in [0.1, 0.15) is 0 Å². The quantitative estimate of drug-likeness (QED) is 0.907. The summed E-state index contributed by atoms with van der Waals surface area (Å²) in [5.74, 6) is -0.0297. The smallest absolute Gasteiger partial charge is 0.252 e. The Hall–Kier alpha value is -1.95. The van der Waals surface area contributed by atoms with Gasteiger partial charge < -0.3 is 10.6 Å². The van der Waals surface area contributed by atoms with Gasteiger partial charge in [-0.25, -0.2) is 9.67 Å². The van der Waals surface area contributed by atoms with E-state index in [9.17, 15) is 4.79 Å². The predicted octanol–water partition coefficient (Wildman–Crippen LogP) is 2.19. The minimum Gasteiger partial charge on any atom is -0.348 e. The van der Waals surface area contributed by atoms with Crippen molar-refractivity contribution < 1.29 is 4.79 Å². The average molecular weight is 315 g/mol. The Morgan fingerprint density at radius 2 is 2.39 bits per heavy atom. The van der Waals surface area contributed by atoms with E-state index in [1.54, 1.807) is 6.20 Å². The van der Waals surface area contributed by atoms with Crippen molar-refractivity contribution in [2.45, 2.75) is 52.1 Å². The van der Waals surface area contributed by atoms with Crippen LogP contribution in [-0.2, 0) is 0 Å². The topological polar surface area (TPSA) is 71.8 Å². The highest BCUT2D eigenvalue weighted by Gasteiger charge is 2.21. The van der Waals surface area contributed by atoms with Crippen LogP contribution in [0.15, 0.2) is 12.3 Å². The molecule has 1 aliphatic heterocycles. The number of carbonyl (C=O) groups is 1. The van der Waals surface area contributed by atoms with Crippen LogP contribution in [0.25, 0.3) is 11.0 Å². The Morgan fingerprint density at radius 3 is 3.09 bits per heavy atom. The number of aryl methyl sites for hydroxylation is 1. The third-order valence-corrected chi connectivity index (χ3v) is 4.58. The van der Waals surface area contributed by atoms with Crippen molar-refractivity contribution in [2.24, 2.45) is 0 Å². The highest BCUT2D eigenvalue weighted by atomic mass is 16.1. The highest BCUT2D eigenvalue weighted by molar-refractivity contribution is 6.05. The maximum atomic E-state index is 12.7. The lowest BCUT2D eigenvalue weighted by molar-refractivity contribution is 0.0932.